The second-order valence-corrected chi connectivity index (χ2v) is 5.68. The van der Waals surface area contributed by atoms with E-state index in [2.05, 4.69) is 20.6 Å². The molecule has 0 bridgehead atoms. The Hall–Kier alpha value is -4.01. The second kappa shape index (κ2) is 7.48. The fourth-order valence-corrected chi connectivity index (χ4v) is 2.43. The van der Waals surface area contributed by atoms with Crippen LogP contribution < -0.4 is 10.6 Å². The Kier molecular flexibility index (Phi) is 4.93. The first-order chi connectivity index (χ1) is 12.9. The highest BCUT2D eigenvalue weighted by Gasteiger charge is 2.23. The Balaban J connectivity index is 1.93. The van der Waals surface area contributed by atoms with Crippen molar-refractivity contribution in [2.75, 3.05) is 10.6 Å². The topological polar surface area (TPSA) is 130 Å². The number of rotatable bonds is 6. The zero-order valence-electron chi connectivity index (χ0n) is 14.2. The average molecular weight is 365 g/mol. The highest BCUT2D eigenvalue weighted by Crippen LogP contribution is 2.33. The molecule has 0 saturated heterocycles. The van der Waals surface area contributed by atoms with E-state index in [-0.39, 0.29) is 22.9 Å². The van der Waals surface area contributed by atoms with E-state index in [1.807, 2.05) is 25.1 Å². The maximum absolute atomic E-state index is 11.6. The van der Waals surface area contributed by atoms with E-state index in [4.69, 9.17) is 5.11 Å². The lowest BCUT2D eigenvalue weighted by atomic mass is 10.2. The first-order valence-corrected chi connectivity index (χ1v) is 7.87. The molecule has 0 spiro atoms. The minimum atomic E-state index is -1.06. The van der Waals surface area contributed by atoms with Crippen molar-refractivity contribution < 1.29 is 14.8 Å². The number of aromatic nitrogens is 2. The molecule has 1 heterocycles. The molecule has 0 aliphatic heterocycles. The van der Waals surface area contributed by atoms with Gasteiger partial charge in [-0.3, -0.25) is 10.1 Å². The monoisotopic (exact) mass is 365 g/mol. The minimum absolute atomic E-state index is 0.00627. The highest BCUT2D eigenvalue weighted by atomic mass is 16.6. The van der Waals surface area contributed by atoms with Crippen LogP contribution in [0.5, 0.6) is 0 Å². The number of carbonyl (C=O) groups is 1. The van der Waals surface area contributed by atoms with Crippen LogP contribution in [0.1, 0.15) is 15.9 Å². The van der Waals surface area contributed by atoms with Crippen molar-refractivity contribution in [3.63, 3.8) is 0 Å². The fourth-order valence-electron chi connectivity index (χ4n) is 2.43. The predicted molar refractivity (Wildman–Crippen MR) is 99.8 cm³/mol. The molecular weight excluding hydrogens is 350 g/mol. The van der Waals surface area contributed by atoms with E-state index in [1.54, 1.807) is 6.07 Å². The molecule has 3 N–H and O–H groups in total. The molecule has 136 valence electrons. The summed E-state index contributed by atoms with van der Waals surface area (Å²) >= 11 is 0. The van der Waals surface area contributed by atoms with Gasteiger partial charge in [0, 0.05) is 11.4 Å². The molecule has 9 heteroatoms. The van der Waals surface area contributed by atoms with Crippen LogP contribution in [0.15, 0.2) is 54.9 Å². The molecule has 0 saturated carbocycles. The van der Waals surface area contributed by atoms with Gasteiger partial charge in [-0.25, -0.2) is 14.8 Å². The molecule has 0 unspecified atom stereocenters. The van der Waals surface area contributed by atoms with Crippen molar-refractivity contribution in [2.45, 2.75) is 6.92 Å². The number of anilines is 4. The lowest BCUT2D eigenvalue weighted by Gasteiger charge is -2.10. The fraction of sp³-hybridized carbons (Fsp3) is 0.0556. The smallest absolute Gasteiger partial charge is 0.353 e. The van der Waals surface area contributed by atoms with Gasteiger partial charge in [-0.15, -0.1) is 0 Å². The summed E-state index contributed by atoms with van der Waals surface area (Å²) in [5, 5.41) is 26.3. The molecule has 0 aliphatic rings. The summed E-state index contributed by atoms with van der Waals surface area (Å²) in [6, 6.07) is 13.1. The number of hydrogen-bond donors (Lipinski definition) is 3. The summed E-state index contributed by atoms with van der Waals surface area (Å²) in [5.74, 6) is -1.02. The SMILES string of the molecule is Cc1cccc(Nc2ncnc(Nc3ccc(C(=O)O)cc3)c2[N+](=O)[O-])c1. The van der Waals surface area contributed by atoms with E-state index in [0.717, 1.165) is 5.56 Å². The third-order valence-corrected chi connectivity index (χ3v) is 3.68. The van der Waals surface area contributed by atoms with Crippen LogP contribution in [-0.4, -0.2) is 26.0 Å². The normalized spacial score (nSPS) is 10.3. The summed E-state index contributed by atoms with van der Waals surface area (Å²) in [7, 11) is 0. The Labute approximate surface area is 153 Å². The number of nitro groups is 1. The quantitative estimate of drug-likeness (QED) is 0.443. The van der Waals surface area contributed by atoms with Gasteiger partial charge < -0.3 is 15.7 Å². The van der Waals surface area contributed by atoms with Crippen LogP contribution in [0.2, 0.25) is 0 Å². The lowest BCUT2D eigenvalue weighted by Crippen LogP contribution is -2.05. The van der Waals surface area contributed by atoms with E-state index in [0.29, 0.717) is 11.4 Å². The van der Waals surface area contributed by atoms with Crippen molar-refractivity contribution in [1.82, 2.24) is 9.97 Å². The number of aryl methyl sites for hydroxylation is 1. The molecular formula is C18H15N5O4. The number of benzene rings is 2. The van der Waals surface area contributed by atoms with E-state index in [1.165, 1.54) is 30.6 Å². The first kappa shape index (κ1) is 17.8. The Morgan fingerprint density at radius 3 is 2.22 bits per heavy atom. The second-order valence-electron chi connectivity index (χ2n) is 5.68. The Morgan fingerprint density at radius 1 is 1.04 bits per heavy atom. The summed E-state index contributed by atoms with van der Waals surface area (Å²) in [4.78, 5) is 29.9. The lowest BCUT2D eigenvalue weighted by molar-refractivity contribution is -0.383. The largest absolute Gasteiger partial charge is 0.478 e. The molecule has 9 nitrogen and oxygen atoms in total. The van der Waals surface area contributed by atoms with Crippen molar-refractivity contribution in [2.24, 2.45) is 0 Å². The maximum Gasteiger partial charge on any atom is 0.353 e. The molecule has 0 aliphatic carbocycles. The van der Waals surface area contributed by atoms with Crippen LogP contribution in [0.4, 0.5) is 28.7 Å². The molecule has 0 radical (unpaired) electrons. The zero-order valence-corrected chi connectivity index (χ0v) is 14.2. The van der Waals surface area contributed by atoms with Crippen LogP contribution in [0.3, 0.4) is 0 Å². The Morgan fingerprint density at radius 2 is 1.67 bits per heavy atom. The van der Waals surface area contributed by atoms with E-state index in [9.17, 15) is 14.9 Å². The van der Waals surface area contributed by atoms with Gasteiger partial charge in [0.2, 0.25) is 11.6 Å². The van der Waals surface area contributed by atoms with Crippen LogP contribution in [-0.2, 0) is 0 Å². The molecule has 0 amide bonds. The minimum Gasteiger partial charge on any atom is -0.478 e. The van der Waals surface area contributed by atoms with Crippen molar-refractivity contribution in [1.29, 1.82) is 0 Å². The number of hydrogen-bond acceptors (Lipinski definition) is 7. The molecule has 3 rings (SSSR count). The summed E-state index contributed by atoms with van der Waals surface area (Å²) in [6.45, 7) is 1.91. The van der Waals surface area contributed by atoms with Gasteiger partial charge in [-0.05, 0) is 48.9 Å². The molecule has 3 aromatic rings. The van der Waals surface area contributed by atoms with Gasteiger partial charge in [-0.2, -0.15) is 0 Å². The highest BCUT2D eigenvalue weighted by molar-refractivity contribution is 5.88. The molecule has 1 aromatic heterocycles. The molecule has 2 aromatic carbocycles. The van der Waals surface area contributed by atoms with Gasteiger partial charge in [0.25, 0.3) is 0 Å². The van der Waals surface area contributed by atoms with E-state index < -0.39 is 10.9 Å². The van der Waals surface area contributed by atoms with Gasteiger partial charge >= 0.3 is 11.7 Å². The first-order valence-electron chi connectivity index (χ1n) is 7.87. The standard InChI is InChI=1S/C18H15N5O4/c1-11-3-2-4-14(9-11)22-17-15(23(26)27)16(19-10-20-17)21-13-7-5-12(6-8-13)18(24)25/h2-10H,1H3,(H,24,25)(H2,19,20,21,22). The number of aromatic carboxylic acids is 1. The Bertz CT molecular complexity index is 1000. The maximum atomic E-state index is 11.6. The van der Waals surface area contributed by atoms with Crippen LogP contribution in [0, 0.1) is 17.0 Å². The number of nitrogens with one attached hydrogen (secondary N) is 2. The third kappa shape index (κ3) is 4.15. The molecule has 27 heavy (non-hydrogen) atoms. The third-order valence-electron chi connectivity index (χ3n) is 3.68. The van der Waals surface area contributed by atoms with Crippen molar-refractivity contribution in [3.8, 4) is 0 Å². The van der Waals surface area contributed by atoms with Gasteiger partial charge in [-0.1, -0.05) is 12.1 Å². The van der Waals surface area contributed by atoms with E-state index >= 15 is 0 Å². The number of carboxylic acids is 1. The average Bonchev–Trinajstić information content (AvgIpc) is 2.62. The predicted octanol–water partition coefficient (Wildman–Crippen LogP) is 3.88. The number of nitrogens with zero attached hydrogens (tertiary/aromatic N) is 3. The number of carboxylic acid groups (broad SMARTS) is 1. The van der Waals surface area contributed by atoms with Crippen molar-refractivity contribution in [3.05, 3.63) is 76.1 Å². The summed E-state index contributed by atoms with van der Waals surface area (Å²) in [5.41, 5.74) is 1.91. The van der Waals surface area contributed by atoms with Crippen molar-refractivity contribution >= 4 is 34.7 Å². The van der Waals surface area contributed by atoms with Gasteiger partial charge in [0.1, 0.15) is 6.33 Å². The molecule has 0 fully saturated rings. The van der Waals surface area contributed by atoms with Crippen LogP contribution >= 0.6 is 0 Å². The molecule has 0 atom stereocenters. The van der Waals surface area contributed by atoms with Crippen LogP contribution in [0.25, 0.3) is 0 Å². The van der Waals surface area contributed by atoms with Gasteiger partial charge in [0.05, 0.1) is 10.5 Å². The summed E-state index contributed by atoms with van der Waals surface area (Å²) < 4.78 is 0. The zero-order chi connectivity index (χ0) is 19.4. The van der Waals surface area contributed by atoms with Gasteiger partial charge in [0.15, 0.2) is 0 Å². The summed E-state index contributed by atoms with van der Waals surface area (Å²) in [6.07, 6.45) is 1.21.